The lowest BCUT2D eigenvalue weighted by molar-refractivity contribution is -0.118. The van der Waals surface area contributed by atoms with Crippen molar-refractivity contribution < 1.29 is 18.3 Å². The minimum atomic E-state index is -3.77. The maximum atomic E-state index is 12.9. The predicted molar refractivity (Wildman–Crippen MR) is 113 cm³/mol. The summed E-state index contributed by atoms with van der Waals surface area (Å²) in [6, 6.07) is 11.1. The Labute approximate surface area is 172 Å². The van der Waals surface area contributed by atoms with Gasteiger partial charge in [-0.05, 0) is 52.9 Å². The third kappa shape index (κ3) is 3.16. The standard InChI is InChI=1S/C21H20N2O4S2/c24-18(17-12-28-19-4-2-1-3-16(17)19)11-22-29(26,27)15-9-13-5-6-20(25)23-8-7-14(10-15)21(13)23/h1-4,9-10,12,18,22,24H,5-8,11H2/t18-/m1/s1. The Balaban J connectivity index is 1.39. The van der Waals surface area contributed by atoms with Gasteiger partial charge in [0, 0.05) is 29.8 Å². The van der Waals surface area contributed by atoms with E-state index >= 15 is 0 Å². The van der Waals surface area contributed by atoms with E-state index in [0.717, 1.165) is 32.5 Å². The summed E-state index contributed by atoms with van der Waals surface area (Å²) in [6.07, 6.45) is 0.709. The fraction of sp³-hybridized carbons (Fsp3) is 0.286. The Morgan fingerprint density at radius 1 is 1.14 bits per heavy atom. The lowest BCUT2D eigenvalue weighted by Crippen LogP contribution is -2.33. The zero-order chi connectivity index (χ0) is 20.2. The average Bonchev–Trinajstić information content (AvgIpc) is 3.34. The molecule has 0 saturated carbocycles. The first-order valence-corrected chi connectivity index (χ1v) is 11.9. The van der Waals surface area contributed by atoms with Crippen LogP contribution < -0.4 is 9.62 Å². The molecule has 0 radical (unpaired) electrons. The lowest BCUT2D eigenvalue weighted by Gasteiger charge is -2.25. The van der Waals surface area contributed by atoms with Gasteiger partial charge in [-0.3, -0.25) is 4.79 Å². The van der Waals surface area contributed by atoms with E-state index in [1.165, 1.54) is 11.3 Å². The molecule has 3 heterocycles. The highest BCUT2D eigenvalue weighted by atomic mass is 32.2. The van der Waals surface area contributed by atoms with Crippen LogP contribution in [-0.2, 0) is 27.7 Å². The van der Waals surface area contributed by atoms with Gasteiger partial charge in [-0.1, -0.05) is 18.2 Å². The Morgan fingerprint density at radius 2 is 1.90 bits per heavy atom. The maximum absolute atomic E-state index is 12.9. The molecule has 0 saturated heterocycles. The van der Waals surface area contributed by atoms with Crippen molar-refractivity contribution in [2.45, 2.75) is 30.3 Å². The summed E-state index contributed by atoms with van der Waals surface area (Å²) in [6.45, 7) is 0.516. The Hall–Kier alpha value is -2.26. The molecular weight excluding hydrogens is 408 g/mol. The number of nitrogens with zero attached hydrogens (tertiary/aromatic N) is 1. The topological polar surface area (TPSA) is 86.7 Å². The molecule has 6 nitrogen and oxygen atoms in total. The SMILES string of the molecule is O=C1CCc2cc(S(=O)(=O)NC[C@@H](O)c3csc4ccccc34)cc3c2N1CC3. The number of sulfonamides is 1. The largest absolute Gasteiger partial charge is 0.387 e. The van der Waals surface area contributed by atoms with Crippen LogP contribution in [0, 0.1) is 0 Å². The highest BCUT2D eigenvalue weighted by Gasteiger charge is 2.33. The summed E-state index contributed by atoms with van der Waals surface area (Å²) in [5.41, 5.74) is 3.43. The van der Waals surface area contributed by atoms with Crippen molar-refractivity contribution in [3.8, 4) is 0 Å². The summed E-state index contributed by atoms with van der Waals surface area (Å²) >= 11 is 1.53. The second-order valence-corrected chi connectivity index (χ2v) is 10.1. The number of benzene rings is 2. The zero-order valence-electron chi connectivity index (χ0n) is 15.6. The first-order chi connectivity index (χ1) is 13.9. The monoisotopic (exact) mass is 428 g/mol. The van der Waals surface area contributed by atoms with Crippen LogP contribution >= 0.6 is 11.3 Å². The molecule has 2 aliphatic rings. The summed E-state index contributed by atoms with van der Waals surface area (Å²) < 4.78 is 29.4. The van der Waals surface area contributed by atoms with Gasteiger partial charge in [0.1, 0.15) is 0 Å². The molecule has 0 bridgehead atoms. The van der Waals surface area contributed by atoms with Gasteiger partial charge in [-0.25, -0.2) is 13.1 Å². The maximum Gasteiger partial charge on any atom is 0.240 e. The third-order valence-corrected chi connectivity index (χ3v) is 8.06. The van der Waals surface area contributed by atoms with Crippen LogP contribution in [0.4, 0.5) is 5.69 Å². The Morgan fingerprint density at radius 3 is 2.72 bits per heavy atom. The number of nitrogens with one attached hydrogen (secondary N) is 1. The summed E-state index contributed by atoms with van der Waals surface area (Å²) in [7, 11) is -3.77. The number of anilines is 1. The van der Waals surface area contributed by atoms with Crippen molar-refractivity contribution in [3.63, 3.8) is 0 Å². The lowest BCUT2D eigenvalue weighted by atomic mass is 10.00. The molecule has 1 aromatic heterocycles. The number of amides is 1. The van der Waals surface area contributed by atoms with Gasteiger partial charge >= 0.3 is 0 Å². The van der Waals surface area contributed by atoms with Crippen LogP contribution in [0.15, 0.2) is 46.7 Å². The van der Waals surface area contributed by atoms with Crippen LogP contribution in [0.25, 0.3) is 10.1 Å². The van der Waals surface area contributed by atoms with Gasteiger partial charge in [0.15, 0.2) is 0 Å². The molecule has 0 spiro atoms. The molecule has 8 heteroatoms. The molecule has 5 rings (SSSR count). The van der Waals surface area contributed by atoms with E-state index in [4.69, 9.17) is 0 Å². The van der Waals surface area contributed by atoms with Crippen LogP contribution in [0.2, 0.25) is 0 Å². The van der Waals surface area contributed by atoms with E-state index < -0.39 is 16.1 Å². The number of thiophene rings is 1. The molecule has 0 fully saturated rings. The number of rotatable bonds is 5. The van der Waals surface area contributed by atoms with Crippen molar-refractivity contribution >= 4 is 43.0 Å². The van der Waals surface area contributed by atoms with Crippen molar-refractivity contribution in [1.82, 2.24) is 4.72 Å². The summed E-state index contributed by atoms with van der Waals surface area (Å²) in [5.74, 6) is 0.107. The molecule has 1 atom stereocenters. The van der Waals surface area contributed by atoms with Crippen LogP contribution in [0.1, 0.15) is 29.2 Å². The van der Waals surface area contributed by atoms with Crippen LogP contribution in [0.3, 0.4) is 0 Å². The quantitative estimate of drug-likeness (QED) is 0.654. The first kappa shape index (κ1) is 18.7. The zero-order valence-corrected chi connectivity index (χ0v) is 17.2. The van der Waals surface area contributed by atoms with Crippen molar-refractivity contribution in [2.24, 2.45) is 0 Å². The molecule has 1 amide bonds. The molecule has 0 unspecified atom stereocenters. The minimum Gasteiger partial charge on any atom is -0.387 e. The minimum absolute atomic E-state index is 0.0971. The molecule has 150 valence electrons. The van der Waals surface area contributed by atoms with Gasteiger partial charge in [0.25, 0.3) is 0 Å². The second-order valence-electron chi connectivity index (χ2n) is 7.44. The number of fused-ring (bicyclic) bond motifs is 1. The van der Waals surface area contributed by atoms with Gasteiger partial charge in [-0.15, -0.1) is 11.3 Å². The number of aliphatic hydroxyl groups excluding tert-OH is 1. The number of carbonyl (C=O) groups excluding carboxylic acids is 1. The van der Waals surface area contributed by atoms with Gasteiger partial charge in [0.2, 0.25) is 15.9 Å². The third-order valence-electron chi connectivity index (χ3n) is 5.67. The number of hydrogen-bond donors (Lipinski definition) is 2. The van der Waals surface area contributed by atoms with Crippen molar-refractivity contribution in [2.75, 3.05) is 18.0 Å². The fourth-order valence-electron chi connectivity index (χ4n) is 4.22. The number of aryl methyl sites for hydroxylation is 1. The van der Waals surface area contributed by atoms with E-state index in [1.807, 2.05) is 29.6 Å². The molecule has 2 aliphatic heterocycles. The summed E-state index contributed by atoms with van der Waals surface area (Å²) in [5, 5.41) is 13.4. The molecule has 3 aromatic rings. The normalized spacial score (nSPS) is 17.0. The number of aliphatic hydroxyl groups is 1. The van der Waals surface area contributed by atoms with E-state index in [0.29, 0.717) is 25.8 Å². The summed E-state index contributed by atoms with van der Waals surface area (Å²) in [4.78, 5) is 14.0. The van der Waals surface area contributed by atoms with E-state index in [2.05, 4.69) is 4.72 Å². The highest BCUT2D eigenvalue weighted by molar-refractivity contribution is 7.89. The predicted octanol–water partition coefficient (Wildman–Crippen LogP) is 2.75. The van der Waals surface area contributed by atoms with Gasteiger partial charge < -0.3 is 10.0 Å². The second kappa shape index (κ2) is 6.91. The number of carbonyl (C=O) groups is 1. The molecular formula is C21H20N2O4S2. The molecule has 2 aromatic carbocycles. The highest BCUT2D eigenvalue weighted by Crippen LogP contribution is 2.38. The van der Waals surface area contributed by atoms with Gasteiger partial charge in [0.05, 0.1) is 16.7 Å². The molecule has 0 aliphatic carbocycles. The average molecular weight is 429 g/mol. The van der Waals surface area contributed by atoms with Crippen molar-refractivity contribution in [3.05, 3.63) is 58.5 Å². The van der Waals surface area contributed by atoms with E-state index in [-0.39, 0.29) is 17.3 Å². The fourth-order valence-corrected chi connectivity index (χ4v) is 6.37. The Bertz CT molecular complexity index is 1230. The van der Waals surface area contributed by atoms with Crippen LogP contribution in [-0.4, -0.2) is 32.5 Å². The Kier molecular flexibility index (Phi) is 4.47. The first-order valence-electron chi connectivity index (χ1n) is 9.54. The molecule has 2 N–H and O–H groups in total. The van der Waals surface area contributed by atoms with Crippen LogP contribution in [0.5, 0.6) is 0 Å². The van der Waals surface area contributed by atoms with Gasteiger partial charge in [-0.2, -0.15) is 0 Å². The van der Waals surface area contributed by atoms with Crippen molar-refractivity contribution in [1.29, 1.82) is 0 Å². The smallest absolute Gasteiger partial charge is 0.240 e. The van der Waals surface area contributed by atoms with E-state index in [9.17, 15) is 18.3 Å². The molecule has 29 heavy (non-hydrogen) atoms. The number of hydrogen-bond acceptors (Lipinski definition) is 5. The van der Waals surface area contributed by atoms with E-state index in [1.54, 1.807) is 17.0 Å².